The zero-order valence-corrected chi connectivity index (χ0v) is 15.6. The summed E-state index contributed by atoms with van der Waals surface area (Å²) in [5.74, 6) is 0.583. The summed E-state index contributed by atoms with van der Waals surface area (Å²) in [6.07, 6.45) is 0. The molecule has 6 nitrogen and oxygen atoms in total. The summed E-state index contributed by atoms with van der Waals surface area (Å²) in [4.78, 5) is 12.2. The van der Waals surface area contributed by atoms with Crippen LogP contribution in [0.4, 0.5) is 5.69 Å². The minimum atomic E-state index is -3.71. The van der Waals surface area contributed by atoms with E-state index in [0.717, 1.165) is 21.6 Å². The normalized spacial score (nSPS) is 11.8. The van der Waals surface area contributed by atoms with Crippen LogP contribution in [0.5, 0.6) is 5.75 Å². The van der Waals surface area contributed by atoms with Gasteiger partial charge < -0.3 is 4.74 Å². The van der Waals surface area contributed by atoms with Gasteiger partial charge in [0.25, 0.3) is 10.0 Å². The molecule has 132 valence electrons. The van der Waals surface area contributed by atoms with Crippen LogP contribution in [0.3, 0.4) is 0 Å². The molecule has 0 spiro atoms. The lowest BCUT2D eigenvalue weighted by molar-refractivity contribution is 0.414. The molecule has 1 N–H and O–H groups in total. The number of anilines is 1. The van der Waals surface area contributed by atoms with Crippen LogP contribution in [-0.4, -0.2) is 20.1 Å². The molecule has 2 aromatic carbocycles. The number of aromatic nitrogens is 1. The van der Waals surface area contributed by atoms with Crippen molar-refractivity contribution >= 4 is 37.3 Å². The Hall–Kier alpha value is -2.32. The van der Waals surface area contributed by atoms with Crippen LogP contribution in [0.25, 0.3) is 10.2 Å². The number of methoxy groups -OCH3 is 1. The molecule has 0 atom stereocenters. The van der Waals surface area contributed by atoms with E-state index >= 15 is 0 Å². The summed E-state index contributed by atoms with van der Waals surface area (Å²) < 4.78 is 35.0. The number of nitrogens with one attached hydrogen (secondary N) is 1. The van der Waals surface area contributed by atoms with E-state index in [4.69, 9.17) is 4.74 Å². The number of thiazole rings is 1. The second kappa shape index (κ2) is 6.53. The highest BCUT2D eigenvalue weighted by Crippen LogP contribution is 2.26. The van der Waals surface area contributed by atoms with Crippen LogP contribution in [0.15, 0.2) is 52.2 Å². The third-order valence-corrected chi connectivity index (χ3v) is 6.07. The number of sulfonamides is 1. The van der Waals surface area contributed by atoms with Crippen LogP contribution in [0, 0.1) is 0 Å². The largest absolute Gasteiger partial charge is 0.497 e. The summed E-state index contributed by atoms with van der Waals surface area (Å²) in [6, 6.07) is 11.3. The zero-order valence-electron chi connectivity index (χ0n) is 14.0. The second-order valence-electron chi connectivity index (χ2n) is 5.80. The molecule has 8 heteroatoms. The third-order valence-electron chi connectivity index (χ3n) is 3.75. The summed E-state index contributed by atoms with van der Waals surface area (Å²) in [6.45, 7) is 3.88. The fourth-order valence-corrected chi connectivity index (χ4v) is 4.66. The Labute approximate surface area is 149 Å². The standard InChI is InChI=1S/C17H18N2O4S2/c1-11(2)19-15-9-4-12(10-16(15)24-17(19)20)18-25(21,22)14-7-5-13(23-3)6-8-14/h4-11,18H,1-3H3. The van der Waals surface area contributed by atoms with Crippen molar-refractivity contribution in [2.45, 2.75) is 24.8 Å². The molecule has 0 aliphatic carbocycles. The van der Waals surface area contributed by atoms with Crippen molar-refractivity contribution < 1.29 is 13.2 Å². The highest BCUT2D eigenvalue weighted by atomic mass is 32.2. The van der Waals surface area contributed by atoms with E-state index < -0.39 is 10.0 Å². The smallest absolute Gasteiger partial charge is 0.308 e. The molecule has 0 radical (unpaired) electrons. The van der Waals surface area contributed by atoms with Gasteiger partial charge in [-0.1, -0.05) is 11.3 Å². The predicted octanol–water partition coefficient (Wildman–Crippen LogP) is 3.45. The molecular weight excluding hydrogens is 360 g/mol. The average molecular weight is 378 g/mol. The van der Waals surface area contributed by atoms with Crippen molar-refractivity contribution in [2.24, 2.45) is 0 Å². The van der Waals surface area contributed by atoms with Gasteiger partial charge in [0.1, 0.15) is 5.75 Å². The van der Waals surface area contributed by atoms with Crippen LogP contribution in [0.1, 0.15) is 19.9 Å². The van der Waals surface area contributed by atoms with Crippen molar-refractivity contribution in [1.82, 2.24) is 4.57 Å². The Balaban J connectivity index is 1.95. The minimum absolute atomic E-state index is 0.0445. The van der Waals surface area contributed by atoms with E-state index in [-0.39, 0.29) is 15.8 Å². The topological polar surface area (TPSA) is 77.4 Å². The lowest BCUT2D eigenvalue weighted by atomic mass is 10.3. The number of hydrogen-bond donors (Lipinski definition) is 1. The maximum absolute atomic E-state index is 12.5. The zero-order chi connectivity index (χ0) is 18.2. The molecule has 0 unspecified atom stereocenters. The fraction of sp³-hybridized carbons (Fsp3) is 0.235. The van der Waals surface area contributed by atoms with E-state index in [2.05, 4.69) is 4.72 Å². The maximum Gasteiger partial charge on any atom is 0.308 e. The van der Waals surface area contributed by atoms with Gasteiger partial charge in [0, 0.05) is 6.04 Å². The van der Waals surface area contributed by atoms with Gasteiger partial charge in [-0.3, -0.25) is 14.1 Å². The maximum atomic E-state index is 12.5. The molecule has 0 fully saturated rings. The second-order valence-corrected chi connectivity index (χ2v) is 8.47. The number of ether oxygens (including phenoxy) is 1. The molecule has 0 aliphatic heterocycles. The molecule has 0 aliphatic rings. The summed E-state index contributed by atoms with van der Waals surface area (Å²) in [7, 11) is -2.19. The first-order chi connectivity index (χ1) is 11.8. The van der Waals surface area contributed by atoms with Gasteiger partial charge in [0.15, 0.2) is 0 Å². The van der Waals surface area contributed by atoms with Crippen molar-refractivity contribution in [3.63, 3.8) is 0 Å². The first-order valence-corrected chi connectivity index (χ1v) is 9.94. The molecule has 3 rings (SSSR count). The van der Waals surface area contributed by atoms with Crippen molar-refractivity contribution in [3.8, 4) is 5.75 Å². The van der Waals surface area contributed by atoms with E-state index in [9.17, 15) is 13.2 Å². The molecule has 3 aromatic rings. The Morgan fingerprint density at radius 1 is 1.12 bits per heavy atom. The molecule has 1 aromatic heterocycles. The average Bonchev–Trinajstić information content (AvgIpc) is 2.89. The SMILES string of the molecule is COc1ccc(S(=O)(=O)Nc2ccc3c(c2)sc(=O)n3C(C)C)cc1. The Kier molecular flexibility index (Phi) is 4.57. The van der Waals surface area contributed by atoms with Crippen LogP contribution in [0.2, 0.25) is 0 Å². The number of fused-ring (bicyclic) bond motifs is 1. The number of benzene rings is 2. The number of hydrogen-bond acceptors (Lipinski definition) is 5. The Morgan fingerprint density at radius 2 is 1.80 bits per heavy atom. The van der Waals surface area contributed by atoms with Gasteiger partial charge in [0.05, 0.1) is 27.9 Å². The van der Waals surface area contributed by atoms with Crippen molar-refractivity contribution in [1.29, 1.82) is 0 Å². The highest BCUT2D eigenvalue weighted by Gasteiger charge is 2.16. The molecule has 25 heavy (non-hydrogen) atoms. The lowest BCUT2D eigenvalue weighted by Gasteiger charge is -2.10. The first kappa shape index (κ1) is 17.5. The van der Waals surface area contributed by atoms with Gasteiger partial charge in [-0.2, -0.15) is 0 Å². The highest BCUT2D eigenvalue weighted by molar-refractivity contribution is 7.92. The van der Waals surface area contributed by atoms with Crippen LogP contribution in [-0.2, 0) is 10.0 Å². The summed E-state index contributed by atoms with van der Waals surface area (Å²) in [5, 5.41) is 0. The number of rotatable bonds is 5. The van der Waals surface area contributed by atoms with E-state index in [1.54, 1.807) is 34.9 Å². The van der Waals surface area contributed by atoms with Gasteiger partial charge in [-0.15, -0.1) is 0 Å². The fourth-order valence-electron chi connectivity index (χ4n) is 2.56. The van der Waals surface area contributed by atoms with Crippen molar-refractivity contribution in [3.05, 3.63) is 52.1 Å². The van der Waals surface area contributed by atoms with Gasteiger partial charge >= 0.3 is 4.87 Å². The van der Waals surface area contributed by atoms with Crippen LogP contribution < -0.4 is 14.3 Å². The molecule has 0 bridgehead atoms. The van der Waals surface area contributed by atoms with Crippen LogP contribution >= 0.6 is 11.3 Å². The Bertz CT molecular complexity index is 1060. The quantitative estimate of drug-likeness (QED) is 0.738. The van der Waals surface area contributed by atoms with E-state index in [1.165, 1.54) is 19.2 Å². The number of nitrogens with zero attached hydrogens (tertiary/aromatic N) is 1. The molecular formula is C17H18N2O4S2. The lowest BCUT2D eigenvalue weighted by Crippen LogP contribution is -2.14. The third kappa shape index (κ3) is 3.40. The first-order valence-electron chi connectivity index (χ1n) is 7.64. The van der Waals surface area contributed by atoms with E-state index in [1.807, 2.05) is 13.8 Å². The van der Waals surface area contributed by atoms with Crippen molar-refractivity contribution in [2.75, 3.05) is 11.8 Å². The van der Waals surface area contributed by atoms with Gasteiger partial charge in [-0.25, -0.2) is 8.42 Å². The molecule has 0 amide bonds. The monoisotopic (exact) mass is 378 g/mol. The molecule has 1 heterocycles. The van der Waals surface area contributed by atoms with Gasteiger partial charge in [-0.05, 0) is 56.3 Å². The van der Waals surface area contributed by atoms with E-state index in [0.29, 0.717) is 11.4 Å². The minimum Gasteiger partial charge on any atom is -0.497 e. The van der Waals surface area contributed by atoms with Gasteiger partial charge in [0.2, 0.25) is 0 Å². The summed E-state index contributed by atoms with van der Waals surface area (Å²) in [5.41, 5.74) is 1.22. The molecule has 0 saturated carbocycles. The summed E-state index contributed by atoms with van der Waals surface area (Å²) >= 11 is 1.10. The Morgan fingerprint density at radius 3 is 2.40 bits per heavy atom. The predicted molar refractivity (Wildman–Crippen MR) is 100 cm³/mol. The molecule has 0 saturated heterocycles.